The number of ether oxygens (including phenoxy) is 1. The Kier molecular flexibility index (Phi) is 8.27. The van der Waals surface area contributed by atoms with E-state index in [2.05, 4.69) is 117 Å². The lowest BCUT2D eigenvalue weighted by Crippen LogP contribution is -2.41. The molecule has 0 saturated carbocycles. The molecule has 0 unspecified atom stereocenters. The third-order valence-electron chi connectivity index (χ3n) is 9.12. The fraction of sp³-hybridized carbons (Fsp3) is 0.385. The topological polar surface area (TPSA) is 44.9 Å². The minimum atomic E-state index is -0.481. The van der Waals surface area contributed by atoms with Gasteiger partial charge in [-0.3, -0.25) is 0 Å². The van der Waals surface area contributed by atoms with Gasteiger partial charge in [0.1, 0.15) is 5.75 Å². The number of nitrogens with zero attached hydrogens (tertiary/aromatic N) is 2. The zero-order chi connectivity index (χ0) is 32.9. The minimum absolute atomic E-state index is 0.0287. The van der Waals surface area contributed by atoms with Crippen LogP contribution in [0.15, 0.2) is 72.8 Å². The Bertz CT molecular complexity index is 1740. The molecule has 0 bridgehead atoms. The number of methoxy groups -OCH3 is 1. The second-order valence-corrected chi connectivity index (χ2v) is 15.1. The predicted octanol–water partition coefficient (Wildman–Crippen LogP) is 9.54. The summed E-state index contributed by atoms with van der Waals surface area (Å²) in [7, 11) is 1.17. The molecule has 1 fully saturated rings. The molecule has 0 radical (unpaired) electrons. The first kappa shape index (κ1) is 32.5. The van der Waals surface area contributed by atoms with E-state index < -0.39 is 18.3 Å². The van der Waals surface area contributed by atoms with Crippen LogP contribution in [0.25, 0.3) is 38.5 Å². The molecule has 2 heterocycles. The molecule has 0 spiro atoms. The van der Waals surface area contributed by atoms with Crippen molar-refractivity contribution in [3.8, 4) is 39.4 Å². The molecule has 0 aliphatic carbocycles. The first-order valence-electron chi connectivity index (χ1n) is 15.6. The Balaban J connectivity index is 1.74. The molecule has 4 aromatic rings. The maximum atomic E-state index is 7.65. The summed E-state index contributed by atoms with van der Waals surface area (Å²) in [5.41, 5.74) is 8.55. The van der Waals surface area contributed by atoms with Crippen molar-refractivity contribution in [3.05, 3.63) is 95.3 Å². The van der Waals surface area contributed by atoms with Gasteiger partial charge in [0.25, 0.3) is 0 Å². The third kappa shape index (κ3) is 6.57. The van der Waals surface area contributed by atoms with Crippen LogP contribution in [-0.4, -0.2) is 30.4 Å². The summed E-state index contributed by atoms with van der Waals surface area (Å²) in [5, 5.41) is 0. The molecule has 232 valence electrons. The lowest BCUT2D eigenvalue weighted by atomic mass is 9.78. The molecule has 45 heavy (non-hydrogen) atoms. The van der Waals surface area contributed by atoms with Gasteiger partial charge >= 0.3 is 7.12 Å². The van der Waals surface area contributed by atoms with Crippen LogP contribution in [0.4, 0.5) is 5.69 Å². The number of pyridine rings is 1. The highest BCUT2D eigenvalue weighted by molar-refractivity contribution is 6.62. The van der Waals surface area contributed by atoms with Crippen molar-refractivity contribution in [1.82, 2.24) is 4.98 Å². The minimum Gasteiger partial charge on any atom is -0.496 e. The molecule has 0 amide bonds. The van der Waals surface area contributed by atoms with Crippen molar-refractivity contribution >= 4 is 18.3 Å². The highest BCUT2D eigenvalue weighted by Gasteiger charge is 2.51. The first-order valence-corrected chi connectivity index (χ1v) is 15.6. The van der Waals surface area contributed by atoms with Gasteiger partial charge in [0.2, 0.25) is 0 Å². The molecule has 0 atom stereocenters. The fourth-order valence-electron chi connectivity index (χ4n) is 5.43. The fourth-order valence-corrected chi connectivity index (χ4v) is 5.43. The van der Waals surface area contributed by atoms with E-state index >= 15 is 0 Å². The summed E-state index contributed by atoms with van der Waals surface area (Å²) in [6.07, 6.45) is 0. The van der Waals surface area contributed by atoms with Crippen LogP contribution in [0.3, 0.4) is 0 Å². The average molecular weight is 601 g/mol. The van der Waals surface area contributed by atoms with E-state index in [1.807, 2.05) is 24.3 Å². The lowest BCUT2D eigenvalue weighted by molar-refractivity contribution is 0.00578. The zero-order valence-corrected chi connectivity index (χ0v) is 28.6. The van der Waals surface area contributed by atoms with Crippen molar-refractivity contribution in [2.24, 2.45) is 0 Å². The summed E-state index contributed by atoms with van der Waals surface area (Å²) < 4.78 is 18.5. The maximum Gasteiger partial charge on any atom is 0.494 e. The van der Waals surface area contributed by atoms with Gasteiger partial charge in [-0.25, -0.2) is 9.83 Å². The Hall–Kier alpha value is -3.92. The van der Waals surface area contributed by atoms with E-state index in [0.29, 0.717) is 11.4 Å². The summed E-state index contributed by atoms with van der Waals surface area (Å²) in [4.78, 5) is 8.87. The largest absolute Gasteiger partial charge is 0.496 e. The van der Waals surface area contributed by atoms with Gasteiger partial charge < -0.3 is 14.0 Å². The van der Waals surface area contributed by atoms with Gasteiger partial charge in [0.15, 0.2) is 5.69 Å². The van der Waals surface area contributed by atoms with Crippen LogP contribution >= 0.6 is 0 Å². The number of hydrogen-bond acceptors (Lipinski definition) is 4. The number of hydrogen-bond donors (Lipinski definition) is 0. The van der Waals surface area contributed by atoms with E-state index in [9.17, 15) is 0 Å². The predicted molar refractivity (Wildman–Crippen MR) is 186 cm³/mol. The normalized spacial score (nSPS) is 16.0. The summed E-state index contributed by atoms with van der Waals surface area (Å²) in [6, 6.07) is 24.9. The molecule has 5 rings (SSSR count). The molecule has 5 nitrogen and oxygen atoms in total. The van der Waals surface area contributed by atoms with Crippen LogP contribution in [0.5, 0.6) is 5.75 Å². The van der Waals surface area contributed by atoms with Crippen molar-refractivity contribution in [3.63, 3.8) is 0 Å². The molecule has 3 aromatic carbocycles. The molecule has 1 aromatic heterocycles. The van der Waals surface area contributed by atoms with E-state index in [1.54, 1.807) is 13.2 Å². The Morgan fingerprint density at radius 3 is 1.84 bits per heavy atom. The summed E-state index contributed by atoms with van der Waals surface area (Å²) in [5.74, 6) is 0.669. The van der Waals surface area contributed by atoms with Gasteiger partial charge in [-0.15, -0.1) is 0 Å². The van der Waals surface area contributed by atoms with Crippen molar-refractivity contribution < 1.29 is 14.0 Å². The molecule has 1 saturated heterocycles. The number of aromatic nitrogens is 1. The van der Waals surface area contributed by atoms with Gasteiger partial charge in [0, 0.05) is 5.56 Å². The molecular formula is C39H45BN2O3. The van der Waals surface area contributed by atoms with E-state index in [4.69, 9.17) is 25.6 Å². The SMILES string of the molecule is [C-]#[N+]c1ccc(OC)c(-c2cc(-c3cc(C(C)(C)C)cc(C(C)(C)C)c3)cc(-c3cccc(B4OC(C)(C)C(C)(C)O4)c3)n2)c1. The third-order valence-corrected chi connectivity index (χ3v) is 9.12. The lowest BCUT2D eigenvalue weighted by Gasteiger charge is -2.32. The van der Waals surface area contributed by atoms with Crippen LogP contribution in [0, 0.1) is 6.57 Å². The number of rotatable bonds is 5. The Morgan fingerprint density at radius 1 is 0.711 bits per heavy atom. The number of benzene rings is 3. The maximum absolute atomic E-state index is 7.65. The second-order valence-electron chi connectivity index (χ2n) is 15.1. The van der Waals surface area contributed by atoms with Crippen LogP contribution < -0.4 is 10.2 Å². The molecule has 1 aliphatic rings. The Labute approximate surface area is 269 Å². The van der Waals surface area contributed by atoms with Gasteiger partial charge in [-0.2, -0.15) is 0 Å². The summed E-state index contributed by atoms with van der Waals surface area (Å²) >= 11 is 0. The molecular weight excluding hydrogens is 555 g/mol. The van der Waals surface area contributed by atoms with E-state index in [0.717, 1.165) is 39.1 Å². The summed E-state index contributed by atoms with van der Waals surface area (Å²) in [6.45, 7) is 29.4. The highest BCUT2D eigenvalue weighted by atomic mass is 16.7. The highest BCUT2D eigenvalue weighted by Crippen LogP contribution is 2.40. The Morgan fingerprint density at radius 2 is 1.29 bits per heavy atom. The van der Waals surface area contributed by atoms with Gasteiger partial charge in [0.05, 0.1) is 36.3 Å². The second kappa shape index (κ2) is 11.5. The van der Waals surface area contributed by atoms with Crippen LogP contribution in [0.2, 0.25) is 0 Å². The standard InChI is InChI=1S/C39H45BN2O3/c1-36(2,3)28-18-26(19-29(23-28)37(4,5)6)27-21-33(42-34(22-27)32-24-31(41-11)16-17-35(32)43-12)25-14-13-15-30(20-25)40-44-38(7,8)39(9,10)45-40/h13-24H,1-10,12H3. The van der Waals surface area contributed by atoms with Gasteiger partial charge in [-0.05, 0) is 96.1 Å². The molecule has 6 heteroatoms. The van der Waals surface area contributed by atoms with Crippen molar-refractivity contribution in [2.45, 2.75) is 91.3 Å². The monoisotopic (exact) mass is 600 g/mol. The van der Waals surface area contributed by atoms with Gasteiger partial charge in [-0.1, -0.05) is 90.1 Å². The molecule has 0 N–H and O–H groups in total. The van der Waals surface area contributed by atoms with E-state index in [-0.39, 0.29) is 10.8 Å². The van der Waals surface area contributed by atoms with Crippen molar-refractivity contribution in [2.75, 3.05) is 7.11 Å². The average Bonchev–Trinajstić information content (AvgIpc) is 3.21. The van der Waals surface area contributed by atoms with Crippen molar-refractivity contribution in [1.29, 1.82) is 0 Å². The van der Waals surface area contributed by atoms with E-state index in [1.165, 1.54) is 11.1 Å². The first-order chi connectivity index (χ1) is 20.9. The zero-order valence-electron chi connectivity index (χ0n) is 28.6. The smallest absolute Gasteiger partial charge is 0.494 e. The van der Waals surface area contributed by atoms with Crippen LogP contribution in [-0.2, 0) is 20.1 Å². The van der Waals surface area contributed by atoms with Crippen LogP contribution in [0.1, 0.15) is 80.4 Å². The molecule has 1 aliphatic heterocycles. The quantitative estimate of drug-likeness (QED) is 0.169.